The Bertz CT molecular complexity index is 625. The van der Waals surface area contributed by atoms with Crippen molar-refractivity contribution in [2.24, 2.45) is 0 Å². The van der Waals surface area contributed by atoms with Gasteiger partial charge in [-0.15, -0.1) is 0 Å². The first-order valence-corrected chi connectivity index (χ1v) is 6.76. The third-order valence-electron chi connectivity index (χ3n) is 3.57. The molecule has 2 heterocycles. The van der Waals surface area contributed by atoms with Crippen LogP contribution in [-0.4, -0.2) is 17.4 Å². The second-order valence-electron chi connectivity index (χ2n) is 5.09. The molecule has 1 aromatic carbocycles. The van der Waals surface area contributed by atoms with Crippen LogP contribution in [0.2, 0.25) is 0 Å². The van der Waals surface area contributed by atoms with Crippen LogP contribution in [0.4, 0.5) is 5.82 Å². The summed E-state index contributed by atoms with van der Waals surface area (Å²) in [7, 11) is 0. The number of fused-ring (bicyclic) bond motifs is 1. The van der Waals surface area contributed by atoms with Gasteiger partial charge in [-0.2, -0.15) is 0 Å². The predicted molar refractivity (Wildman–Crippen MR) is 78.5 cm³/mol. The number of nitrogens with one attached hydrogen (secondary N) is 2. The van der Waals surface area contributed by atoms with Crippen molar-refractivity contribution < 1.29 is 4.79 Å². The van der Waals surface area contributed by atoms with E-state index in [1.165, 1.54) is 11.1 Å². The summed E-state index contributed by atoms with van der Waals surface area (Å²) in [6.45, 7) is 3.54. The van der Waals surface area contributed by atoms with Gasteiger partial charge in [0, 0.05) is 19.3 Å². The van der Waals surface area contributed by atoms with Crippen LogP contribution >= 0.6 is 0 Å². The minimum absolute atomic E-state index is 0.0113. The molecule has 102 valence electrons. The van der Waals surface area contributed by atoms with Gasteiger partial charge in [-0.3, -0.25) is 4.79 Å². The number of anilines is 1. The Labute approximate surface area is 118 Å². The summed E-state index contributed by atoms with van der Waals surface area (Å²) in [5, 5.41) is 6.18. The van der Waals surface area contributed by atoms with Crippen LogP contribution in [0.1, 0.15) is 22.6 Å². The van der Waals surface area contributed by atoms with Gasteiger partial charge in [-0.25, -0.2) is 4.98 Å². The van der Waals surface area contributed by atoms with E-state index in [1.54, 1.807) is 12.3 Å². The molecule has 1 unspecified atom stereocenters. The van der Waals surface area contributed by atoms with Crippen LogP contribution in [0, 0.1) is 6.92 Å². The number of hydrogen-bond acceptors (Lipinski definition) is 3. The highest BCUT2D eigenvalue weighted by Gasteiger charge is 2.26. The van der Waals surface area contributed by atoms with E-state index < -0.39 is 0 Å². The molecule has 1 amide bonds. The molecule has 1 aliphatic rings. The molecular weight excluding hydrogens is 250 g/mol. The first-order chi connectivity index (χ1) is 9.74. The molecule has 1 aromatic heterocycles. The van der Waals surface area contributed by atoms with Gasteiger partial charge in [0.05, 0.1) is 5.92 Å². The summed E-state index contributed by atoms with van der Waals surface area (Å²) in [6, 6.07) is 11.8. The quantitative estimate of drug-likeness (QED) is 0.877. The summed E-state index contributed by atoms with van der Waals surface area (Å²) < 4.78 is 0. The van der Waals surface area contributed by atoms with E-state index in [0.29, 0.717) is 12.4 Å². The number of nitrogens with zero attached hydrogens (tertiary/aromatic N) is 1. The Morgan fingerprint density at radius 2 is 2.25 bits per heavy atom. The average Bonchev–Trinajstić information content (AvgIpc) is 2.47. The molecule has 0 radical (unpaired) electrons. The Morgan fingerprint density at radius 3 is 3.05 bits per heavy atom. The zero-order chi connectivity index (χ0) is 13.9. The Hall–Kier alpha value is -2.20. The molecule has 0 saturated carbocycles. The molecular formula is C16H17N3O. The van der Waals surface area contributed by atoms with Gasteiger partial charge in [0.25, 0.3) is 0 Å². The van der Waals surface area contributed by atoms with E-state index in [1.807, 2.05) is 12.1 Å². The third kappa shape index (κ3) is 2.56. The molecule has 4 nitrogen and oxygen atoms in total. The molecule has 0 saturated heterocycles. The molecule has 20 heavy (non-hydrogen) atoms. The summed E-state index contributed by atoms with van der Waals surface area (Å²) in [4.78, 5) is 16.6. The van der Waals surface area contributed by atoms with Crippen LogP contribution in [0.25, 0.3) is 0 Å². The topological polar surface area (TPSA) is 54.0 Å². The lowest BCUT2D eigenvalue weighted by molar-refractivity contribution is -0.117. The van der Waals surface area contributed by atoms with E-state index in [4.69, 9.17) is 0 Å². The molecule has 0 fully saturated rings. The number of aryl methyl sites for hydroxylation is 1. The summed E-state index contributed by atoms with van der Waals surface area (Å²) in [5.74, 6) is 0.417. The molecule has 1 aliphatic heterocycles. The molecule has 3 rings (SSSR count). The maximum absolute atomic E-state index is 12.5. The summed E-state index contributed by atoms with van der Waals surface area (Å²) in [6.07, 6.45) is 1.67. The Kier molecular flexibility index (Phi) is 3.48. The van der Waals surface area contributed by atoms with Crippen molar-refractivity contribution in [3.8, 4) is 0 Å². The zero-order valence-electron chi connectivity index (χ0n) is 11.4. The minimum atomic E-state index is -0.166. The van der Waals surface area contributed by atoms with Gasteiger partial charge in [0.2, 0.25) is 5.91 Å². The number of hydrogen-bond donors (Lipinski definition) is 2. The van der Waals surface area contributed by atoms with E-state index >= 15 is 0 Å². The van der Waals surface area contributed by atoms with Crippen molar-refractivity contribution in [1.29, 1.82) is 0 Å². The van der Waals surface area contributed by atoms with E-state index in [0.717, 1.165) is 12.1 Å². The average molecular weight is 267 g/mol. The van der Waals surface area contributed by atoms with Gasteiger partial charge in [-0.05, 0) is 30.2 Å². The molecule has 2 aromatic rings. The standard InChI is InChI=1S/C16H17N3O/c1-11-5-6-12-9-17-10-14(13(12)8-11)16(20)19-15-4-2-3-7-18-15/h2-8,14,17H,9-10H2,1H3,(H,18,19,20). The van der Waals surface area contributed by atoms with Gasteiger partial charge < -0.3 is 10.6 Å². The first-order valence-electron chi connectivity index (χ1n) is 6.76. The number of aromatic nitrogens is 1. The second-order valence-corrected chi connectivity index (χ2v) is 5.09. The van der Waals surface area contributed by atoms with Gasteiger partial charge in [0.15, 0.2) is 0 Å². The molecule has 0 spiro atoms. The molecule has 0 bridgehead atoms. The Morgan fingerprint density at radius 1 is 1.35 bits per heavy atom. The lowest BCUT2D eigenvalue weighted by Crippen LogP contribution is -2.35. The van der Waals surface area contributed by atoms with Crippen molar-refractivity contribution in [3.05, 3.63) is 59.3 Å². The number of amides is 1. The number of pyridine rings is 1. The number of carbonyl (C=O) groups excluding carboxylic acids is 1. The van der Waals surface area contributed by atoms with Crippen molar-refractivity contribution in [2.45, 2.75) is 19.4 Å². The highest BCUT2D eigenvalue weighted by atomic mass is 16.2. The third-order valence-corrected chi connectivity index (χ3v) is 3.57. The highest BCUT2D eigenvalue weighted by molar-refractivity contribution is 5.95. The normalized spacial score (nSPS) is 17.4. The van der Waals surface area contributed by atoms with Crippen LogP contribution < -0.4 is 10.6 Å². The first kappa shape index (κ1) is 12.8. The molecule has 4 heteroatoms. The zero-order valence-corrected chi connectivity index (χ0v) is 11.4. The van der Waals surface area contributed by atoms with Crippen LogP contribution in [0.5, 0.6) is 0 Å². The Balaban J connectivity index is 1.85. The van der Waals surface area contributed by atoms with Crippen molar-refractivity contribution in [2.75, 3.05) is 11.9 Å². The van der Waals surface area contributed by atoms with E-state index in [-0.39, 0.29) is 11.8 Å². The SMILES string of the molecule is Cc1ccc2c(c1)C(C(=O)Nc1ccccn1)CNC2. The van der Waals surface area contributed by atoms with Crippen LogP contribution in [0.3, 0.4) is 0 Å². The largest absolute Gasteiger partial charge is 0.312 e. The lowest BCUT2D eigenvalue weighted by Gasteiger charge is -2.26. The monoisotopic (exact) mass is 267 g/mol. The van der Waals surface area contributed by atoms with Gasteiger partial charge in [-0.1, -0.05) is 29.8 Å². The molecule has 1 atom stereocenters. The maximum Gasteiger partial charge on any atom is 0.234 e. The van der Waals surface area contributed by atoms with Crippen LogP contribution in [0.15, 0.2) is 42.6 Å². The van der Waals surface area contributed by atoms with E-state index in [2.05, 4.69) is 40.7 Å². The van der Waals surface area contributed by atoms with Gasteiger partial charge >= 0.3 is 0 Å². The molecule has 0 aliphatic carbocycles. The molecule has 2 N–H and O–H groups in total. The van der Waals surface area contributed by atoms with Crippen molar-refractivity contribution >= 4 is 11.7 Å². The number of rotatable bonds is 2. The van der Waals surface area contributed by atoms with Crippen molar-refractivity contribution in [3.63, 3.8) is 0 Å². The lowest BCUT2D eigenvalue weighted by atomic mass is 9.89. The summed E-state index contributed by atoms with van der Waals surface area (Å²) in [5.41, 5.74) is 3.50. The van der Waals surface area contributed by atoms with Crippen molar-refractivity contribution in [1.82, 2.24) is 10.3 Å². The highest BCUT2D eigenvalue weighted by Crippen LogP contribution is 2.26. The summed E-state index contributed by atoms with van der Waals surface area (Å²) >= 11 is 0. The maximum atomic E-state index is 12.5. The number of benzene rings is 1. The number of carbonyl (C=O) groups is 1. The van der Waals surface area contributed by atoms with Gasteiger partial charge in [0.1, 0.15) is 5.82 Å². The van der Waals surface area contributed by atoms with E-state index in [9.17, 15) is 4.79 Å². The fraction of sp³-hybridized carbons (Fsp3) is 0.250. The minimum Gasteiger partial charge on any atom is -0.312 e. The smallest absolute Gasteiger partial charge is 0.234 e. The predicted octanol–water partition coefficient (Wildman–Crippen LogP) is 2.22. The fourth-order valence-electron chi connectivity index (χ4n) is 2.54. The fourth-order valence-corrected chi connectivity index (χ4v) is 2.54. The second kappa shape index (κ2) is 5.43. The van der Waals surface area contributed by atoms with Crippen LogP contribution in [-0.2, 0) is 11.3 Å².